The highest BCUT2D eigenvalue weighted by Crippen LogP contribution is 2.33. The molecule has 27 heavy (non-hydrogen) atoms. The molecule has 8 nitrogen and oxygen atoms in total. The second kappa shape index (κ2) is 7.85. The SMILES string of the molecule is O=C(COC(=O)c1cc(Br)ccc1Cl)NN1C(=O)NC2(CCCCC2)C1=O. The van der Waals surface area contributed by atoms with Crippen LogP contribution in [0, 0.1) is 0 Å². The average Bonchev–Trinajstić information content (AvgIpc) is 2.86. The number of hydrogen-bond donors (Lipinski definition) is 2. The van der Waals surface area contributed by atoms with Gasteiger partial charge in [0, 0.05) is 4.47 Å². The molecule has 1 aliphatic carbocycles. The fourth-order valence-electron chi connectivity index (χ4n) is 3.24. The molecule has 2 aliphatic rings. The number of rotatable bonds is 4. The van der Waals surface area contributed by atoms with E-state index in [1.165, 1.54) is 12.1 Å². The van der Waals surface area contributed by atoms with Gasteiger partial charge in [0.2, 0.25) is 0 Å². The number of carbonyl (C=O) groups is 4. The lowest BCUT2D eigenvalue weighted by Crippen LogP contribution is -2.51. The maximum Gasteiger partial charge on any atom is 0.344 e. The van der Waals surface area contributed by atoms with E-state index in [-0.39, 0.29) is 10.6 Å². The average molecular weight is 459 g/mol. The molecular weight excluding hydrogens is 442 g/mol. The Bertz CT molecular complexity index is 810. The molecule has 1 heterocycles. The number of esters is 1. The van der Waals surface area contributed by atoms with Crippen molar-refractivity contribution >= 4 is 51.3 Å². The minimum atomic E-state index is -0.941. The van der Waals surface area contributed by atoms with Gasteiger partial charge in [0.25, 0.3) is 11.8 Å². The molecule has 0 atom stereocenters. The molecule has 0 unspecified atom stereocenters. The summed E-state index contributed by atoms with van der Waals surface area (Å²) in [4.78, 5) is 48.8. The van der Waals surface area contributed by atoms with E-state index in [1.54, 1.807) is 6.07 Å². The van der Waals surface area contributed by atoms with Crippen LogP contribution in [-0.4, -0.2) is 41.0 Å². The van der Waals surface area contributed by atoms with Crippen molar-refractivity contribution in [1.29, 1.82) is 0 Å². The van der Waals surface area contributed by atoms with Gasteiger partial charge in [-0.05, 0) is 31.0 Å². The van der Waals surface area contributed by atoms with Crippen LogP contribution in [0.25, 0.3) is 0 Å². The second-order valence-electron chi connectivity index (χ2n) is 6.45. The number of hydrazine groups is 1. The van der Waals surface area contributed by atoms with E-state index < -0.39 is 36.0 Å². The minimum Gasteiger partial charge on any atom is -0.452 e. The normalized spacial score (nSPS) is 18.4. The largest absolute Gasteiger partial charge is 0.452 e. The molecule has 1 saturated heterocycles. The van der Waals surface area contributed by atoms with E-state index in [1.807, 2.05) is 0 Å². The van der Waals surface area contributed by atoms with Gasteiger partial charge in [0.05, 0.1) is 10.6 Å². The van der Waals surface area contributed by atoms with Crippen molar-refractivity contribution in [3.05, 3.63) is 33.3 Å². The Labute approximate surface area is 168 Å². The lowest BCUT2D eigenvalue weighted by Gasteiger charge is -2.30. The van der Waals surface area contributed by atoms with Gasteiger partial charge in [-0.3, -0.25) is 15.0 Å². The summed E-state index contributed by atoms with van der Waals surface area (Å²) >= 11 is 9.15. The van der Waals surface area contributed by atoms with E-state index in [2.05, 4.69) is 26.7 Å². The molecule has 0 bridgehead atoms. The number of urea groups is 1. The van der Waals surface area contributed by atoms with Crippen molar-refractivity contribution in [3.63, 3.8) is 0 Å². The summed E-state index contributed by atoms with van der Waals surface area (Å²) in [7, 11) is 0. The van der Waals surface area contributed by atoms with E-state index in [9.17, 15) is 19.2 Å². The molecule has 1 spiro atoms. The van der Waals surface area contributed by atoms with Crippen LogP contribution in [0.4, 0.5) is 4.79 Å². The van der Waals surface area contributed by atoms with Gasteiger partial charge in [0.1, 0.15) is 5.54 Å². The summed E-state index contributed by atoms with van der Waals surface area (Å²) in [6.07, 6.45) is 3.75. The number of hydrogen-bond acceptors (Lipinski definition) is 5. The van der Waals surface area contributed by atoms with E-state index in [0.717, 1.165) is 19.3 Å². The number of benzene rings is 1. The standard InChI is InChI=1S/C17H17BrClN3O5/c18-10-4-5-12(19)11(8-10)14(24)27-9-13(23)21-22-15(25)17(20-16(22)26)6-2-1-3-7-17/h4-5,8H,1-3,6-7,9H2,(H,20,26)(H,21,23). The zero-order chi connectivity index (χ0) is 19.6. The van der Waals surface area contributed by atoms with Crippen molar-refractivity contribution in [2.45, 2.75) is 37.6 Å². The fraction of sp³-hybridized carbons (Fsp3) is 0.412. The summed E-state index contributed by atoms with van der Waals surface area (Å²) in [5, 5.41) is 3.51. The molecule has 3 rings (SSSR count). The number of imide groups is 1. The number of nitrogens with zero attached hydrogens (tertiary/aromatic N) is 1. The summed E-state index contributed by atoms with van der Waals surface area (Å²) in [5.74, 6) is -2.08. The maximum atomic E-state index is 12.6. The Balaban J connectivity index is 1.58. The summed E-state index contributed by atoms with van der Waals surface area (Å²) in [5.41, 5.74) is 1.35. The first kappa shape index (κ1) is 19.6. The second-order valence-corrected chi connectivity index (χ2v) is 7.77. The van der Waals surface area contributed by atoms with Crippen molar-refractivity contribution in [3.8, 4) is 0 Å². The highest BCUT2D eigenvalue weighted by atomic mass is 79.9. The van der Waals surface area contributed by atoms with Gasteiger partial charge in [0.15, 0.2) is 6.61 Å². The number of halogens is 2. The van der Waals surface area contributed by atoms with Crippen LogP contribution < -0.4 is 10.7 Å². The summed E-state index contributed by atoms with van der Waals surface area (Å²) < 4.78 is 5.54. The molecule has 0 radical (unpaired) electrons. The van der Waals surface area contributed by atoms with Gasteiger partial charge in [-0.1, -0.05) is 46.8 Å². The first-order valence-corrected chi connectivity index (χ1v) is 9.58. The highest BCUT2D eigenvalue weighted by molar-refractivity contribution is 9.10. The molecule has 144 valence electrons. The van der Waals surface area contributed by atoms with Crippen LogP contribution in [0.3, 0.4) is 0 Å². The zero-order valence-electron chi connectivity index (χ0n) is 14.2. The van der Waals surface area contributed by atoms with Crippen LogP contribution in [-0.2, 0) is 14.3 Å². The van der Waals surface area contributed by atoms with Gasteiger partial charge >= 0.3 is 12.0 Å². The van der Waals surface area contributed by atoms with E-state index in [4.69, 9.17) is 16.3 Å². The Morgan fingerprint density at radius 1 is 1.26 bits per heavy atom. The van der Waals surface area contributed by atoms with Gasteiger partial charge in [-0.15, -0.1) is 0 Å². The maximum absolute atomic E-state index is 12.6. The lowest BCUT2D eigenvalue weighted by atomic mass is 9.82. The van der Waals surface area contributed by atoms with Crippen LogP contribution in [0.2, 0.25) is 5.02 Å². The smallest absolute Gasteiger partial charge is 0.344 e. The molecule has 1 aromatic rings. The molecule has 10 heteroatoms. The fourth-order valence-corrected chi connectivity index (χ4v) is 3.79. The first-order chi connectivity index (χ1) is 12.8. The van der Waals surface area contributed by atoms with Crippen molar-refractivity contribution in [1.82, 2.24) is 15.8 Å². The van der Waals surface area contributed by atoms with E-state index >= 15 is 0 Å². The highest BCUT2D eigenvalue weighted by Gasteiger charge is 2.52. The Kier molecular flexibility index (Phi) is 5.71. The van der Waals surface area contributed by atoms with Crippen molar-refractivity contribution in [2.24, 2.45) is 0 Å². The van der Waals surface area contributed by atoms with Crippen LogP contribution in [0.1, 0.15) is 42.5 Å². The molecular formula is C17H17BrClN3O5. The Morgan fingerprint density at radius 3 is 2.67 bits per heavy atom. The zero-order valence-corrected chi connectivity index (χ0v) is 16.6. The minimum absolute atomic E-state index is 0.0926. The monoisotopic (exact) mass is 457 g/mol. The van der Waals surface area contributed by atoms with Crippen LogP contribution in [0.15, 0.2) is 22.7 Å². The molecule has 2 fully saturated rings. The molecule has 1 aliphatic heterocycles. The molecule has 1 aromatic carbocycles. The van der Waals surface area contributed by atoms with Crippen LogP contribution >= 0.6 is 27.5 Å². The van der Waals surface area contributed by atoms with Crippen molar-refractivity contribution in [2.75, 3.05) is 6.61 Å². The predicted molar refractivity (Wildman–Crippen MR) is 98.8 cm³/mol. The molecule has 4 amide bonds. The van der Waals surface area contributed by atoms with Crippen LogP contribution in [0.5, 0.6) is 0 Å². The third-order valence-electron chi connectivity index (χ3n) is 4.59. The number of carbonyl (C=O) groups excluding carboxylic acids is 4. The molecule has 2 N–H and O–H groups in total. The molecule has 1 saturated carbocycles. The Morgan fingerprint density at radius 2 is 1.96 bits per heavy atom. The number of ether oxygens (including phenoxy) is 1. The number of nitrogens with one attached hydrogen (secondary N) is 2. The van der Waals surface area contributed by atoms with Gasteiger partial charge in [-0.2, -0.15) is 5.01 Å². The van der Waals surface area contributed by atoms with E-state index in [0.29, 0.717) is 22.3 Å². The first-order valence-electron chi connectivity index (χ1n) is 8.41. The summed E-state index contributed by atoms with van der Waals surface area (Å²) in [6.45, 7) is -0.661. The Hall–Kier alpha value is -2.13. The van der Waals surface area contributed by atoms with Gasteiger partial charge in [-0.25, -0.2) is 9.59 Å². The quantitative estimate of drug-likeness (QED) is 0.533. The third-order valence-corrected chi connectivity index (χ3v) is 5.41. The third kappa shape index (κ3) is 4.08. The number of amides is 4. The topological polar surface area (TPSA) is 105 Å². The lowest BCUT2D eigenvalue weighted by molar-refractivity contribution is -0.140. The van der Waals surface area contributed by atoms with Gasteiger partial charge < -0.3 is 10.1 Å². The predicted octanol–water partition coefficient (Wildman–Crippen LogP) is 2.55. The summed E-state index contributed by atoms with van der Waals surface area (Å²) in [6, 6.07) is 3.95. The van der Waals surface area contributed by atoms with Crippen molar-refractivity contribution < 1.29 is 23.9 Å². The molecule has 0 aromatic heterocycles.